The van der Waals surface area contributed by atoms with Gasteiger partial charge in [0, 0.05) is 0 Å². The summed E-state index contributed by atoms with van der Waals surface area (Å²) in [4.78, 5) is 10.5. The maximum Gasteiger partial charge on any atom is 0.238 e. The van der Waals surface area contributed by atoms with Crippen LogP contribution in [-0.2, 0) is 4.79 Å². The van der Waals surface area contributed by atoms with Crippen LogP contribution >= 0.6 is 11.6 Å². The van der Waals surface area contributed by atoms with Gasteiger partial charge in [0.15, 0.2) is 0 Å². The number of hydrogen-bond acceptors (Lipinski definition) is 2. The van der Waals surface area contributed by atoms with Gasteiger partial charge in [-0.15, -0.1) is 0 Å². The minimum Gasteiger partial charge on any atom is -0.306 e. The van der Waals surface area contributed by atoms with Crippen molar-refractivity contribution in [1.82, 2.24) is 5.32 Å². The molecule has 1 aliphatic heterocycles. The van der Waals surface area contributed by atoms with Crippen molar-refractivity contribution < 1.29 is 4.79 Å². The second kappa shape index (κ2) is 3.18. The predicted octanol–water partition coefficient (Wildman–Crippen LogP) is 0.894. The number of halogens is 1. The highest BCUT2D eigenvalue weighted by molar-refractivity contribution is 6.64. The SMILES string of the molecule is O=C(Cl)C1CCCCN1. The van der Waals surface area contributed by atoms with Gasteiger partial charge >= 0.3 is 0 Å². The summed E-state index contributed by atoms with van der Waals surface area (Å²) >= 11 is 5.26. The summed E-state index contributed by atoms with van der Waals surface area (Å²) in [5, 5.41) is 2.80. The Bertz CT molecular complexity index is 110. The molecule has 9 heavy (non-hydrogen) atoms. The zero-order valence-electron chi connectivity index (χ0n) is 5.19. The maximum atomic E-state index is 10.5. The summed E-state index contributed by atoms with van der Waals surface area (Å²) in [6.07, 6.45) is 3.19. The molecule has 52 valence electrons. The fourth-order valence-corrected chi connectivity index (χ4v) is 1.23. The van der Waals surface area contributed by atoms with Crippen LogP contribution < -0.4 is 5.32 Å². The second-order valence-corrected chi connectivity index (χ2v) is 2.68. The topological polar surface area (TPSA) is 29.1 Å². The minimum atomic E-state index is -0.241. The summed E-state index contributed by atoms with van der Waals surface area (Å²) in [5.41, 5.74) is 0. The van der Waals surface area contributed by atoms with Gasteiger partial charge in [-0.25, -0.2) is 0 Å². The molecule has 0 aliphatic carbocycles. The standard InChI is InChI=1S/C6H10ClNO/c7-6(9)5-3-1-2-4-8-5/h5,8H,1-4H2. The molecule has 1 fully saturated rings. The van der Waals surface area contributed by atoms with Crippen LogP contribution in [-0.4, -0.2) is 17.8 Å². The van der Waals surface area contributed by atoms with E-state index in [0.717, 1.165) is 19.4 Å². The highest BCUT2D eigenvalue weighted by atomic mass is 35.5. The summed E-state index contributed by atoms with van der Waals surface area (Å²) in [6, 6.07) is -0.0691. The molecule has 1 heterocycles. The molecule has 3 heteroatoms. The lowest BCUT2D eigenvalue weighted by atomic mass is 10.1. The minimum absolute atomic E-state index is 0.0691. The first-order valence-corrected chi connectivity index (χ1v) is 3.61. The van der Waals surface area contributed by atoms with Gasteiger partial charge in [-0.2, -0.15) is 0 Å². The molecule has 1 atom stereocenters. The molecule has 0 aromatic rings. The van der Waals surface area contributed by atoms with E-state index >= 15 is 0 Å². The Morgan fingerprint density at radius 2 is 2.33 bits per heavy atom. The van der Waals surface area contributed by atoms with Gasteiger partial charge in [-0.3, -0.25) is 4.79 Å². The first-order chi connectivity index (χ1) is 4.30. The number of piperidine rings is 1. The molecule has 1 rings (SSSR count). The molecule has 0 radical (unpaired) electrons. The molecule has 1 saturated heterocycles. The van der Waals surface area contributed by atoms with Crippen LogP contribution in [0.15, 0.2) is 0 Å². The normalized spacial score (nSPS) is 27.9. The van der Waals surface area contributed by atoms with E-state index in [2.05, 4.69) is 5.32 Å². The third-order valence-corrected chi connectivity index (χ3v) is 1.85. The Kier molecular flexibility index (Phi) is 2.49. The van der Waals surface area contributed by atoms with Crippen molar-refractivity contribution in [3.8, 4) is 0 Å². The average molecular weight is 148 g/mol. The van der Waals surface area contributed by atoms with Crippen molar-refractivity contribution in [2.45, 2.75) is 25.3 Å². The predicted molar refractivity (Wildman–Crippen MR) is 36.5 cm³/mol. The Balaban J connectivity index is 2.31. The molecule has 0 saturated carbocycles. The fourth-order valence-electron chi connectivity index (χ4n) is 1.05. The van der Waals surface area contributed by atoms with E-state index in [1.807, 2.05) is 0 Å². The monoisotopic (exact) mass is 147 g/mol. The molecule has 1 aliphatic rings. The largest absolute Gasteiger partial charge is 0.306 e. The number of carbonyl (C=O) groups is 1. The van der Waals surface area contributed by atoms with Gasteiger partial charge in [0.25, 0.3) is 0 Å². The Morgan fingerprint density at radius 1 is 1.56 bits per heavy atom. The van der Waals surface area contributed by atoms with Gasteiger partial charge < -0.3 is 5.32 Å². The van der Waals surface area contributed by atoms with Crippen molar-refractivity contribution >= 4 is 16.8 Å². The lowest BCUT2D eigenvalue weighted by Crippen LogP contribution is -2.38. The Morgan fingerprint density at radius 3 is 2.67 bits per heavy atom. The van der Waals surface area contributed by atoms with Crippen LogP contribution in [0.2, 0.25) is 0 Å². The van der Waals surface area contributed by atoms with E-state index < -0.39 is 0 Å². The van der Waals surface area contributed by atoms with Crippen molar-refractivity contribution in [3.63, 3.8) is 0 Å². The zero-order chi connectivity index (χ0) is 6.69. The molecule has 0 spiro atoms. The van der Waals surface area contributed by atoms with Gasteiger partial charge in [0.1, 0.15) is 0 Å². The van der Waals surface area contributed by atoms with Gasteiger partial charge in [-0.05, 0) is 31.0 Å². The second-order valence-electron chi connectivity index (χ2n) is 2.31. The van der Waals surface area contributed by atoms with Crippen molar-refractivity contribution in [3.05, 3.63) is 0 Å². The molecular formula is C6H10ClNO. The van der Waals surface area contributed by atoms with Crippen molar-refractivity contribution in [2.24, 2.45) is 0 Å². The molecule has 0 aromatic carbocycles. The first kappa shape index (κ1) is 7.03. The maximum absolute atomic E-state index is 10.5. The fraction of sp³-hybridized carbons (Fsp3) is 0.833. The lowest BCUT2D eigenvalue weighted by Gasteiger charge is -2.18. The van der Waals surface area contributed by atoms with Crippen LogP contribution in [0.5, 0.6) is 0 Å². The molecular weight excluding hydrogens is 138 g/mol. The number of rotatable bonds is 1. The van der Waals surface area contributed by atoms with Crippen molar-refractivity contribution in [1.29, 1.82) is 0 Å². The quantitative estimate of drug-likeness (QED) is 0.559. The van der Waals surface area contributed by atoms with Crippen molar-refractivity contribution in [2.75, 3.05) is 6.54 Å². The van der Waals surface area contributed by atoms with Crippen LogP contribution in [0.4, 0.5) is 0 Å². The van der Waals surface area contributed by atoms with E-state index in [-0.39, 0.29) is 11.3 Å². The highest BCUT2D eigenvalue weighted by Crippen LogP contribution is 2.08. The number of carbonyl (C=O) groups excluding carboxylic acids is 1. The summed E-state index contributed by atoms with van der Waals surface area (Å²) in [7, 11) is 0. The van der Waals surface area contributed by atoms with Gasteiger partial charge in [-0.1, -0.05) is 6.42 Å². The molecule has 2 nitrogen and oxygen atoms in total. The summed E-state index contributed by atoms with van der Waals surface area (Å²) in [5.74, 6) is 0. The van der Waals surface area contributed by atoms with E-state index in [4.69, 9.17) is 11.6 Å². The first-order valence-electron chi connectivity index (χ1n) is 3.23. The zero-order valence-corrected chi connectivity index (χ0v) is 5.95. The van der Waals surface area contributed by atoms with E-state index in [9.17, 15) is 4.79 Å². The van der Waals surface area contributed by atoms with Crippen LogP contribution in [0.1, 0.15) is 19.3 Å². The van der Waals surface area contributed by atoms with Gasteiger partial charge in [0.05, 0.1) is 6.04 Å². The molecule has 1 N–H and O–H groups in total. The third-order valence-electron chi connectivity index (χ3n) is 1.58. The Hall–Kier alpha value is -0.0800. The third kappa shape index (κ3) is 1.95. The molecule has 0 amide bonds. The Labute approximate surface area is 59.6 Å². The van der Waals surface area contributed by atoms with Crippen LogP contribution in [0.3, 0.4) is 0 Å². The lowest BCUT2D eigenvalue weighted by molar-refractivity contribution is -0.113. The van der Waals surface area contributed by atoms with Gasteiger partial charge in [0.2, 0.25) is 5.24 Å². The van der Waals surface area contributed by atoms with E-state index in [1.165, 1.54) is 6.42 Å². The number of hydrogen-bond donors (Lipinski definition) is 1. The molecule has 0 aromatic heterocycles. The smallest absolute Gasteiger partial charge is 0.238 e. The molecule has 0 bridgehead atoms. The summed E-state index contributed by atoms with van der Waals surface area (Å²) < 4.78 is 0. The van der Waals surface area contributed by atoms with E-state index in [0.29, 0.717) is 0 Å². The highest BCUT2D eigenvalue weighted by Gasteiger charge is 2.17. The average Bonchev–Trinajstić information content (AvgIpc) is 1.90. The molecule has 1 unspecified atom stereocenters. The number of nitrogens with one attached hydrogen (secondary N) is 1. The van der Waals surface area contributed by atoms with Crippen LogP contribution in [0, 0.1) is 0 Å². The summed E-state index contributed by atoms with van der Waals surface area (Å²) in [6.45, 7) is 0.934. The van der Waals surface area contributed by atoms with Crippen LogP contribution in [0.25, 0.3) is 0 Å². The van der Waals surface area contributed by atoms with E-state index in [1.54, 1.807) is 0 Å².